The zero-order valence-electron chi connectivity index (χ0n) is 11.7. The van der Waals surface area contributed by atoms with Crippen LogP contribution in [0, 0.1) is 0 Å². The fraction of sp³-hybridized carbons (Fsp3) is 0.500. The molecule has 0 bridgehead atoms. The van der Waals surface area contributed by atoms with Crippen LogP contribution in [0.4, 0.5) is 13.2 Å². The van der Waals surface area contributed by atoms with Gasteiger partial charge in [-0.25, -0.2) is 0 Å². The van der Waals surface area contributed by atoms with Crippen molar-refractivity contribution in [1.29, 1.82) is 0 Å². The predicted molar refractivity (Wildman–Crippen MR) is 71.0 cm³/mol. The van der Waals surface area contributed by atoms with E-state index in [4.69, 9.17) is 4.74 Å². The first-order chi connectivity index (χ1) is 9.86. The monoisotopic (exact) mass is 302 g/mol. The third kappa shape index (κ3) is 4.35. The molecule has 0 aliphatic carbocycles. The number of nitrogens with zero attached hydrogens (tertiary/aromatic N) is 2. The van der Waals surface area contributed by atoms with Crippen LogP contribution in [0.2, 0.25) is 0 Å². The number of alkyl halides is 3. The molecule has 0 aromatic heterocycles. The van der Waals surface area contributed by atoms with Crippen molar-refractivity contribution in [2.75, 3.05) is 39.8 Å². The molecule has 7 heteroatoms. The summed E-state index contributed by atoms with van der Waals surface area (Å²) in [5.74, 6) is -0.159. The number of halogens is 3. The van der Waals surface area contributed by atoms with Gasteiger partial charge in [0, 0.05) is 26.2 Å². The number of amides is 1. The van der Waals surface area contributed by atoms with Gasteiger partial charge in [0.2, 0.25) is 0 Å². The first kappa shape index (κ1) is 15.6. The molecule has 0 saturated carbocycles. The lowest BCUT2D eigenvalue weighted by atomic mass is 10.2. The Bertz CT molecular complexity index is 497. The van der Waals surface area contributed by atoms with Crippen LogP contribution in [0.3, 0.4) is 0 Å². The summed E-state index contributed by atoms with van der Waals surface area (Å²) in [6.07, 6.45) is -4.42. The zero-order chi connectivity index (χ0) is 15.5. The van der Waals surface area contributed by atoms with Gasteiger partial charge < -0.3 is 14.5 Å². The van der Waals surface area contributed by atoms with Crippen LogP contribution in [0.5, 0.6) is 5.75 Å². The number of piperazine rings is 1. The van der Waals surface area contributed by atoms with Crippen molar-refractivity contribution in [3.05, 3.63) is 29.8 Å². The molecule has 0 N–H and O–H groups in total. The van der Waals surface area contributed by atoms with Crippen molar-refractivity contribution in [2.45, 2.75) is 6.18 Å². The minimum absolute atomic E-state index is 0.0484. The van der Waals surface area contributed by atoms with E-state index in [9.17, 15) is 18.0 Å². The van der Waals surface area contributed by atoms with E-state index in [1.807, 2.05) is 7.05 Å². The van der Waals surface area contributed by atoms with E-state index in [1.54, 1.807) is 4.90 Å². The molecule has 0 spiro atoms. The summed E-state index contributed by atoms with van der Waals surface area (Å²) in [5, 5.41) is 0. The van der Waals surface area contributed by atoms with E-state index in [1.165, 1.54) is 12.1 Å². The molecule has 0 unspecified atom stereocenters. The van der Waals surface area contributed by atoms with E-state index in [-0.39, 0.29) is 18.3 Å². The molecule has 1 heterocycles. The van der Waals surface area contributed by atoms with Crippen LogP contribution in [-0.4, -0.2) is 55.5 Å². The van der Waals surface area contributed by atoms with Gasteiger partial charge in [0.25, 0.3) is 5.91 Å². The van der Waals surface area contributed by atoms with E-state index in [0.717, 1.165) is 25.2 Å². The summed E-state index contributed by atoms with van der Waals surface area (Å²) < 4.78 is 42.9. The summed E-state index contributed by atoms with van der Waals surface area (Å²) in [6, 6.07) is 4.54. The molecule has 0 atom stereocenters. The topological polar surface area (TPSA) is 32.8 Å². The zero-order valence-corrected chi connectivity index (χ0v) is 11.7. The number of carbonyl (C=O) groups is 1. The second-order valence-electron chi connectivity index (χ2n) is 5.00. The van der Waals surface area contributed by atoms with Crippen molar-refractivity contribution in [2.24, 2.45) is 0 Å². The number of rotatable bonds is 3. The molecular formula is C14H17F3N2O2. The van der Waals surface area contributed by atoms with Gasteiger partial charge in [-0.1, -0.05) is 6.07 Å². The van der Waals surface area contributed by atoms with Gasteiger partial charge in [-0.2, -0.15) is 13.2 Å². The smallest absolute Gasteiger partial charge is 0.416 e. The average Bonchev–Trinajstić information content (AvgIpc) is 2.45. The highest BCUT2D eigenvalue weighted by molar-refractivity contribution is 5.77. The van der Waals surface area contributed by atoms with Crippen LogP contribution < -0.4 is 4.74 Å². The fourth-order valence-corrected chi connectivity index (χ4v) is 2.05. The Balaban J connectivity index is 1.89. The van der Waals surface area contributed by atoms with Gasteiger partial charge >= 0.3 is 6.18 Å². The van der Waals surface area contributed by atoms with Crippen molar-refractivity contribution >= 4 is 5.91 Å². The molecular weight excluding hydrogens is 285 g/mol. The van der Waals surface area contributed by atoms with E-state index in [0.29, 0.717) is 13.1 Å². The summed E-state index contributed by atoms with van der Waals surface area (Å²) in [5.41, 5.74) is -0.785. The molecule has 4 nitrogen and oxygen atoms in total. The molecule has 1 fully saturated rings. The summed E-state index contributed by atoms with van der Waals surface area (Å²) in [4.78, 5) is 15.7. The Morgan fingerprint density at radius 2 is 1.90 bits per heavy atom. The quantitative estimate of drug-likeness (QED) is 0.854. The second-order valence-corrected chi connectivity index (χ2v) is 5.00. The maximum absolute atomic E-state index is 12.6. The highest BCUT2D eigenvalue weighted by Gasteiger charge is 2.30. The first-order valence-corrected chi connectivity index (χ1v) is 6.62. The van der Waals surface area contributed by atoms with E-state index in [2.05, 4.69) is 4.90 Å². The largest absolute Gasteiger partial charge is 0.484 e. The van der Waals surface area contributed by atoms with Crippen molar-refractivity contribution < 1.29 is 22.7 Å². The third-order valence-corrected chi connectivity index (χ3v) is 3.38. The summed E-state index contributed by atoms with van der Waals surface area (Å²) in [7, 11) is 1.97. The van der Waals surface area contributed by atoms with Crippen LogP contribution in [-0.2, 0) is 11.0 Å². The Kier molecular flexibility index (Phi) is 4.72. The molecule has 116 valence electrons. The summed E-state index contributed by atoms with van der Waals surface area (Å²) in [6.45, 7) is 2.55. The van der Waals surface area contributed by atoms with Gasteiger partial charge in [0.05, 0.1) is 5.56 Å². The number of benzene rings is 1. The Hall–Kier alpha value is -1.76. The number of hydrogen-bond acceptors (Lipinski definition) is 3. The number of hydrogen-bond donors (Lipinski definition) is 0. The second kappa shape index (κ2) is 6.34. The van der Waals surface area contributed by atoms with Crippen LogP contribution in [0.15, 0.2) is 24.3 Å². The lowest BCUT2D eigenvalue weighted by Gasteiger charge is -2.32. The Morgan fingerprint density at radius 3 is 2.52 bits per heavy atom. The average molecular weight is 302 g/mol. The minimum atomic E-state index is -4.42. The minimum Gasteiger partial charge on any atom is -0.484 e. The van der Waals surface area contributed by atoms with Crippen molar-refractivity contribution in [3.8, 4) is 5.75 Å². The molecule has 1 amide bonds. The van der Waals surface area contributed by atoms with Crippen LogP contribution >= 0.6 is 0 Å². The van der Waals surface area contributed by atoms with Gasteiger partial charge in [0.1, 0.15) is 5.75 Å². The molecule has 1 saturated heterocycles. The standard InChI is InChI=1S/C14H17F3N2O2/c1-18-5-7-19(8-6-18)13(20)10-21-12-4-2-3-11(9-12)14(15,16)17/h2-4,9H,5-8,10H2,1H3. The Labute approximate surface area is 121 Å². The maximum atomic E-state index is 12.6. The van der Waals surface area contributed by atoms with Crippen molar-refractivity contribution in [3.63, 3.8) is 0 Å². The lowest BCUT2D eigenvalue weighted by Crippen LogP contribution is -2.48. The summed E-state index contributed by atoms with van der Waals surface area (Å²) >= 11 is 0. The molecule has 21 heavy (non-hydrogen) atoms. The number of ether oxygens (including phenoxy) is 1. The van der Waals surface area contributed by atoms with E-state index >= 15 is 0 Å². The highest BCUT2D eigenvalue weighted by atomic mass is 19.4. The predicted octanol–water partition coefficient (Wildman–Crippen LogP) is 1.86. The number of likely N-dealkylation sites (N-methyl/N-ethyl adjacent to an activating group) is 1. The molecule has 1 aliphatic rings. The molecule has 0 radical (unpaired) electrons. The molecule has 1 aliphatic heterocycles. The Morgan fingerprint density at radius 1 is 1.24 bits per heavy atom. The first-order valence-electron chi connectivity index (χ1n) is 6.62. The van der Waals surface area contributed by atoms with Crippen LogP contribution in [0.25, 0.3) is 0 Å². The van der Waals surface area contributed by atoms with Gasteiger partial charge in [0.15, 0.2) is 6.61 Å². The molecule has 1 aromatic rings. The van der Waals surface area contributed by atoms with Crippen molar-refractivity contribution in [1.82, 2.24) is 9.80 Å². The van der Waals surface area contributed by atoms with Gasteiger partial charge in [-0.05, 0) is 25.2 Å². The normalized spacial score (nSPS) is 16.9. The highest BCUT2D eigenvalue weighted by Crippen LogP contribution is 2.31. The molecule has 2 rings (SSSR count). The fourth-order valence-electron chi connectivity index (χ4n) is 2.05. The van der Waals surface area contributed by atoms with Gasteiger partial charge in [-0.3, -0.25) is 4.79 Å². The molecule has 1 aromatic carbocycles. The lowest BCUT2D eigenvalue weighted by molar-refractivity contribution is -0.137. The van der Waals surface area contributed by atoms with E-state index < -0.39 is 11.7 Å². The van der Waals surface area contributed by atoms with Crippen LogP contribution in [0.1, 0.15) is 5.56 Å². The third-order valence-electron chi connectivity index (χ3n) is 3.38. The van der Waals surface area contributed by atoms with Gasteiger partial charge in [-0.15, -0.1) is 0 Å². The SMILES string of the molecule is CN1CCN(C(=O)COc2cccc(C(F)(F)F)c2)CC1. The number of carbonyl (C=O) groups excluding carboxylic acids is 1. The maximum Gasteiger partial charge on any atom is 0.416 e.